The van der Waals surface area contributed by atoms with Gasteiger partial charge in [0.15, 0.2) is 0 Å². The first-order chi connectivity index (χ1) is 9.59. The van der Waals surface area contributed by atoms with Crippen molar-refractivity contribution in [2.45, 2.75) is 51.2 Å². The van der Waals surface area contributed by atoms with Crippen molar-refractivity contribution in [3.05, 3.63) is 40.4 Å². The Morgan fingerprint density at radius 1 is 1.25 bits per heavy atom. The third-order valence-corrected chi connectivity index (χ3v) is 4.29. The van der Waals surface area contributed by atoms with Gasteiger partial charge in [0.1, 0.15) is 5.82 Å². The van der Waals surface area contributed by atoms with Gasteiger partial charge in [0.25, 0.3) is 5.56 Å². The molecule has 0 atom stereocenters. The van der Waals surface area contributed by atoms with Gasteiger partial charge in [0, 0.05) is 0 Å². The number of para-hydroxylation sites is 1. The Balaban J connectivity index is 2.05. The fourth-order valence-corrected chi connectivity index (χ4v) is 3.13. The number of aliphatic hydroxyl groups is 1. The maximum atomic E-state index is 12.6. The van der Waals surface area contributed by atoms with Crippen LogP contribution in [0, 0.1) is 6.92 Å². The van der Waals surface area contributed by atoms with Crippen LogP contribution in [0.1, 0.15) is 37.9 Å². The minimum Gasteiger partial charge on any atom is -0.388 e. The first-order valence-electron chi connectivity index (χ1n) is 7.28. The van der Waals surface area contributed by atoms with E-state index in [1.54, 1.807) is 10.6 Å². The minimum atomic E-state index is -0.753. The fourth-order valence-electron chi connectivity index (χ4n) is 3.13. The van der Waals surface area contributed by atoms with Gasteiger partial charge in [-0.3, -0.25) is 9.36 Å². The Morgan fingerprint density at radius 2 is 1.95 bits per heavy atom. The smallest absolute Gasteiger partial charge is 0.261 e. The highest BCUT2D eigenvalue weighted by Crippen LogP contribution is 2.29. The van der Waals surface area contributed by atoms with Crippen LogP contribution in [0.4, 0.5) is 0 Å². The number of hydrogen-bond acceptors (Lipinski definition) is 3. The summed E-state index contributed by atoms with van der Waals surface area (Å²) in [5, 5.41) is 11.3. The second-order valence-electron chi connectivity index (χ2n) is 5.85. The van der Waals surface area contributed by atoms with Crippen LogP contribution in [-0.2, 0) is 6.54 Å². The van der Waals surface area contributed by atoms with E-state index in [9.17, 15) is 9.90 Å². The van der Waals surface area contributed by atoms with E-state index in [2.05, 4.69) is 4.98 Å². The van der Waals surface area contributed by atoms with E-state index in [0.717, 1.165) is 31.2 Å². The third-order valence-electron chi connectivity index (χ3n) is 4.29. The number of hydrogen-bond donors (Lipinski definition) is 1. The molecule has 1 fully saturated rings. The molecule has 1 saturated carbocycles. The average molecular weight is 272 g/mol. The lowest BCUT2D eigenvalue weighted by atomic mass is 9.85. The molecule has 20 heavy (non-hydrogen) atoms. The third kappa shape index (κ3) is 2.36. The molecule has 0 saturated heterocycles. The molecule has 0 unspecified atom stereocenters. The number of aryl methyl sites for hydroxylation is 1. The van der Waals surface area contributed by atoms with Crippen molar-refractivity contribution >= 4 is 10.9 Å². The molecular weight excluding hydrogens is 252 g/mol. The number of benzene rings is 1. The van der Waals surface area contributed by atoms with Crippen LogP contribution in [0.3, 0.4) is 0 Å². The predicted molar refractivity (Wildman–Crippen MR) is 78.8 cm³/mol. The number of aromatic nitrogens is 2. The van der Waals surface area contributed by atoms with Gasteiger partial charge < -0.3 is 5.11 Å². The molecule has 1 heterocycles. The molecule has 1 aromatic heterocycles. The van der Waals surface area contributed by atoms with Gasteiger partial charge in [-0.25, -0.2) is 4.98 Å². The SMILES string of the molecule is Cc1nc2ccccc2c(=O)n1CC1(O)CCCCC1. The summed E-state index contributed by atoms with van der Waals surface area (Å²) in [7, 11) is 0. The van der Waals surface area contributed by atoms with Crippen molar-refractivity contribution in [3.63, 3.8) is 0 Å². The summed E-state index contributed by atoms with van der Waals surface area (Å²) in [6, 6.07) is 7.38. The van der Waals surface area contributed by atoms with Crippen molar-refractivity contribution in [2.24, 2.45) is 0 Å². The highest BCUT2D eigenvalue weighted by atomic mass is 16.3. The van der Waals surface area contributed by atoms with E-state index in [0.29, 0.717) is 17.8 Å². The zero-order valence-corrected chi connectivity index (χ0v) is 11.8. The second-order valence-corrected chi connectivity index (χ2v) is 5.85. The largest absolute Gasteiger partial charge is 0.388 e. The highest BCUT2D eigenvalue weighted by Gasteiger charge is 2.30. The molecule has 0 radical (unpaired) electrons. The maximum absolute atomic E-state index is 12.6. The summed E-state index contributed by atoms with van der Waals surface area (Å²) in [4.78, 5) is 17.1. The molecule has 106 valence electrons. The van der Waals surface area contributed by atoms with Crippen LogP contribution in [0.2, 0.25) is 0 Å². The molecule has 1 aliphatic carbocycles. The van der Waals surface area contributed by atoms with Crippen molar-refractivity contribution in [2.75, 3.05) is 0 Å². The van der Waals surface area contributed by atoms with E-state index >= 15 is 0 Å². The van der Waals surface area contributed by atoms with E-state index < -0.39 is 5.60 Å². The normalized spacial score (nSPS) is 18.3. The Hall–Kier alpha value is -1.68. The predicted octanol–water partition coefficient (Wildman–Crippen LogP) is 2.40. The van der Waals surface area contributed by atoms with E-state index in [-0.39, 0.29) is 5.56 Å². The average Bonchev–Trinajstić information content (AvgIpc) is 2.44. The lowest BCUT2D eigenvalue weighted by molar-refractivity contribution is -0.0128. The summed E-state index contributed by atoms with van der Waals surface area (Å²) in [5.41, 5.74) is -0.0780. The molecule has 0 spiro atoms. The molecule has 0 aliphatic heterocycles. The van der Waals surface area contributed by atoms with Crippen LogP contribution in [0.25, 0.3) is 10.9 Å². The summed E-state index contributed by atoms with van der Waals surface area (Å²) in [5.74, 6) is 0.674. The number of nitrogens with zero attached hydrogens (tertiary/aromatic N) is 2. The quantitative estimate of drug-likeness (QED) is 0.913. The van der Waals surface area contributed by atoms with Crippen LogP contribution in [-0.4, -0.2) is 20.3 Å². The molecule has 3 rings (SSSR count). The number of rotatable bonds is 2. The molecule has 1 N–H and O–H groups in total. The van der Waals surface area contributed by atoms with Crippen molar-refractivity contribution in [1.29, 1.82) is 0 Å². The lowest BCUT2D eigenvalue weighted by Gasteiger charge is -2.33. The van der Waals surface area contributed by atoms with Crippen LogP contribution >= 0.6 is 0 Å². The van der Waals surface area contributed by atoms with Crippen LogP contribution in [0.15, 0.2) is 29.1 Å². The monoisotopic (exact) mass is 272 g/mol. The van der Waals surface area contributed by atoms with Gasteiger partial charge in [0.2, 0.25) is 0 Å². The molecule has 1 aromatic carbocycles. The Labute approximate surface area is 118 Å². The van der Waals surface area contributed by atoms with Gasteiger partial charge in [0.05, 0.1) is 23.0 Å². The fraction of sp³-hybridized carbons (Fsp3) is 0.500. The zero-order valence-electron chi connectivity index (χ0n) is 11.8. The zero-order chi connectivity index (χ0) is 14.2. The van der Waals surface area contributed by atoms with Crippen LogP contribution < -0.4 is 5.56 Å². The van der Waals surface area contributed by atoms with Crippen molar-refractivity contribution in [1.82, 2.24) is 9.55 Å². The molecule has 0 amide bonds. The summed E-state index contributed by atoms with van der Waals surface area (Å²) in [6.45, 7) is 2.19. The Bertz CT molecular complexity index is 684. The van der Waals surface area contributed by atoms with Crippen molar-refractivity contribution < 1.29 is 5.11 Å². The lowest BCUT2D eigenvalue weighted by Crippen LogP contribution is -2.40. The van der Waals surface area contributed by atoms with Crippen LogP contribution in [0.5, 0.6) is 0 Å². The highest BCUT2D eigenvalue weighted by molar-refractivity contribution is 5.77. The molecule has 2 aromatic rings. The van der Waals surface area contributed by atoms with E-state index in [4.69, 9.17) is 0 Å². The van der Waals surface area contributed by atoms with Gasteiger partial charge in [-0.1, -0.05) is 31.4 Å². The van der Waals surface area contributed by atoms with E-state index in [1.165, 1.54) is 6.42 Å². The minimum absolute atomic E-state index is 0.0490. The summed E-state index contributed by atoms with van der Waals surface area (Å²) in [6.07, 6.45) is 4.78. The standard InChI is InChI=1S/C16H20N2O2/c1-12-17-14-8-4-3-7-13(14)15(19)18(12)11-16(20)9-5-2-6-10-16/h3-4,7-8,20H,2,5-6,9-11H2,1H3. The maximum Gasteiger partial charge on any atom is 0.261 e. The topological polar surface area (TPSA) is 55.1 Å². The summed E-state index contributed by atoms with van der Waals surface area (Å²) < 4.78 is 1.63. The number of fused-ring (bicyclic) bond motifs is 1. The molecule has 1 aliphatic rings. The van der Waals surface area contributed by atoms with Gasteiger partial charge in [-0.2, -0.15) is 0 Å². The van der Waals surface area contributed by atoms with Gasteiger partial charge in [-0.05, 0) is 31.9 Å². The Kier molecular flexibility index (Phi) is 3.34. The molecule has 4 heteroatoms. The Morgan fingerprint density at radius 3 is 2.70 bits per heavy atom. The molecule has 4 nitrogen and oxygen atoms in total. The first kappa shape index (κ1) is 13.3. The molecule has 0 bridgehead atoms. The summed E-state index contributed by atoms with van der Waals surface area (Å²) >= 11 is 0. The van der Waals surface area contributed by atoms with Crippen molar-refractivity contribution in [3.8, 4) is 0 Å². The van der Waals surface area contributed by atoms with E-state index in [1.807, 2.05) is 25.1 Å². The molecular formula is C16H20N2O2. The first-order valence-corrected chi connectivity index (χ1v) is 7.28. The second kappa shape index (κ2) is 5.02. The van der Waals surface area contributed by atoms with Gasteiger partial charge >= 0.3 is 0 Å². The van der Waals surface area contributed by atoms with Gasteiger partial charge in [-0.15, -0.1) is 0 Å².